The molecular formula is C12H17N3O. The average Bonchev–Trinajstić information content (AvgIpc) is 2.33. The molecule has 0 aliphatic heterocycles. The fraction of sp³-hybridized carbons (Fsp3) is 0.333. The molecule has 0 atom stereocenters. The van der Waals surface area contributed by atoms with Crippen LogP contribution in [0, 0.1) is 0 Å². The minimum Gasteiger partial charge on any atom is -0.353 e. The van der Waals surface area contributed by atoms with Gasteiger partial charge in [0, 0.05) is 32.3 Å². The zero-order valence-corrected chi connectivity index (χ0v) is 9.28. The quantitative estimate of drug-likeness (QED) is 0.528. The van der Waals surface area contributed by atoms with Crippen molar-refractivity contribution in [2.24, 2.45) is 0 Å². The molecule has 1 rings (SSSR count). The second-order valence-corrected chi connectivity index (χ2v) is 3.34. The summed E-state index contributed by atoms with van der Waals surface area (Å²) in [7, 11) is 0. The van der Waals surface area contributed by atoms with E-state index in [4.69, 9.17) is 0 Å². The van der Waals surface area contributed by atoms with Gasteiger partial charge in [-0.3, -0.25) is 9.78 Å². The molecule has 0 saturated heterocycles. The Morgan fingerprint density at radius 2 is 2.38 bits per heavy atom. The van der Waals surface area contributed by atoms with Gasteiger partial charge in [0.1, 0.15) is 0 Å². The number of hydrogen-bond acceptors (Lipinski definition) is 3. The molecule has 4 nitrogen and oxygen atoms in total. The number of nitrogens with one attached hydrogen (secondary N) is 2. The van der Waals surface area contributed by atoms with Crippen molar-refractivity contribution < 1.29 is 4.79 Å². The van der Waals surface area contributed by atoms with Gasteiger partial charge in [0.2, 0.25) is 5.91 Å². The summed E-state index contributed by atoms with van der Waals surface area (Å²) in [5.41, 5.74) is 0.981. The van der Waals surface area contributed by atoms with Crippen molar-refractivity contribution >= 4 is 5.91 Å². The summed E-state index contributed by atoms with van der Waals surface area (Å²) < 4.78 is 0. The highest BCUT2D eigenvalue weighted by molar-refractivity contribution is 5.76. The Hall–Kier alpha value is -1.68. The van der Waals surface area contributed by atoms with E-state index < -0.39 is 0 Å². The predicted octanol–water partition coefficient (Wildman–Crippen LogP) is 0.863. The van der Waals surface area contributed by atoms with Gasteiger partial charge in [-0.25, -0.2) is 0 Å². The van der Waals surface area contributed by atoms with E-state index in [1.165, 1.54) is 0 Å². The van der Waals surface area contributed by atoms with Crippen LogP contribution in [0.4, 0.5) is 0 Å². The number of hydrogen-bond donors (Lipinski definition) is 2. The number of pyridine rings is 1. The lowest BCUT2D eigenvalue weighted by atomic mass is 10.3. The van der Waals surface area contributed by atoms with Gasteiger partial charge in [0.05, 0.1) is 5.69 Å². The topological polar surface area (TPSA) is 54.0 Å². The third-order valence-corrected chi connectivity index (χ3v) is 2.00. The number of rotatable bonds is 7. The second-order valence-electron chi connectivity index (χ2n) is 3.34. The van der Waals surface area contributed by atoms with Crippen LogP contribution >= 0.6 is 0 Å². The number of aromatic nitrogens is 1. The van der Waals surface area contributed by atoms with Crippen molar-refractivity contribution in [3.8, 4) is 0 Å². The summed E-state index contributed by atoms with van der Waals surface area (Å²) in [4.78, 5) is 15.4. The maximum absolute atomic E-state index is 11.2. The third kappa shape index (κ3) is 5.26. The highest BCUT2D eigenvalue weighted by Crippen LogP contribution is 1.91. The zero-order chi connectivity index (χ0) is 11.6. The van der Waals surface area contributed by atoms with Crippen molar-refractivity contribution in [1.82, 2.24) is 15.6 Å². The molecule has 0 radical (unpaired) electrons. The molecule has 1 amide bonds. The monoisotopic (exact) mass is 219 g/mol. The van der Waals surface area contributed by atoms with Crippen molar-refractivity contribution in [2.45, 2.75) is 13.0 Å². The maximum atomic E-state index is 11.2. The van der Waals surface area contributed by atoms with Crippen LogP contribution in [-0.4, -0.2) is 24.0 Å². The van der Waals surface area contributed by atoms with E-state index in [0.717, 1.165) is 5.69 Å². The summed E-state index contributed by atoms with van der Waals surface area (Å²) in [5, 5.41) is 5.88. The summed E-state index contributed by atoms with van der Waals surface area (Å²) in [6.45, 7) is 5.40. The molecule has 0 fully saturated rings. The highest BCUT2D eigenvalue weighted by atomic mass is 16.1. The average molecular weight is 219 g/mol. The molecule has 1 heterocycles. The number of nitrogens with zero attached hydrogens (tertiary/aromatic N) is 1. The highest BCUT2D eigenvalue weighted by Gasteiger charge is 1.98. The predicted molar refractivity (Wildman–Crippen MR) is 63.8 cm³/mol. The molecule has 86 valence electrons. The van der Waals surface area contributed by atoms with Crippen LogP contribution in [0.3, 0.4) is 0 Å². The molecule has 0 aromatic carbocycles. The van der Waals surface area contributed by atoms with E-state index in [2.05, 4.69) is 22.2 Å². The Labute approximate surface area is 95.8 Å². The van der Waals surface area contributed by atoms with E-state index in [1.807, 2.05) is 18.2 Å². The molecule has 1 aromatic rings. The molecule has 0 saturated carbocycles. The van der Waals surface area contributed by atoms with Gasteiger partial charge in [-0.1, -0.05) is 12.1 Å². The first-order chi connectivity index (χ1) is 7.83. The molecule has 0 aliphatic carbocycles. The number of amides is 1. The number of carbonyl (C=O) groups excluding carboxylic acids is 1. The van der Waals surface area contributed by atoms with E-state index in [-0.39, 0.29) is 5.91 Å². The molecular weight excluding hydrogens is 202 g/mol. The lowest BCUT2D eigenvalue weighted by molar-refractivity contribution is -0.120. The number of carbonyl (C=O) groups is 1. The van der Waals surface area contributed by atoms with Gasteiger partial charge in [0.25, 0.3) is 0 Å². The van der Waals surface area contributed by atoms with Gasteiger partial charge < -0.3 is 10.6 Å². The van der Waals surface area contributed by atoms with E-state index in [9.17, 15) is 4.79 Å². The summed E-state index contributed by atoms with van der Waals surface area (Å²) >= 11 is 0. The van der Waals surface area contributed by atoms with Crippen molar-refractivity contribution in [1.29, 1.82) is 0 Å². The van der Waals surface area contributed by atoms with E-state index >= 15 is 0 Å². The lowest BCUT2D eigenvalue weighted by Gasteiger charge is -2.04. The molecule has 0 unspecified atom stereocenters. The Bertz CT molecular complexity index is 324. The summed E-state index contributed by atoms with van der Waals surface area (Å²) in [6.07, 6.45) is 3.90. The lowest BCUT2D eigenvalue weighted by Crippen LogP contribution is -2.27. The van der Waals surface area contributed by atoms with E-state index in [0.29, 0.717) is 26.1 Å². The van der Waals surface area contributed by atoms with Crippen molar-refractivity contribution in [2.75, 3.05) is 13.1 Å². The normalized spacial score (nSPS) is 9.75. The maximum Gasteiger partial charge on any atom is 0.221 e. The third-order valence-electron chi connectivity index (χ3n) is 2.00. The summed E-state index contributed by atoms with van der Waals surface area (Å²) in [5.74, 6) is 0.0356. The summed E-state index contributed by atoms with van der Waals surface area (Å²) in [6, 6.07) is 5.78. The second kappa shape index (κ2) is 7.59. The molecule has 0 aliphatic rings. The Morgan fingerprint density at radius 3 is 3.06 bits per heavy atom. The van der Waals surface area contributed by atoms with Crippen LogP contribution in [0.5, 0.6) is 0 Å². The van der Waals surface area contributed by atoms with E-state index in [1.54, 1.807) is 12.3 Å². The largest absolute Gasteiger partial charge is 0.353 e. The van der Waals surface area contributed by atoms with Crippen LogP contribution in [-0.2, 0) is 11.3 Å². The first kappa shape index (κ1) is 12.4. The van der Waals surface area contributed by atoms with Gasteiger partial charge >= 0.3 is 0 Å². The van der Waals surface area contributed by atoms with Crippen molar-refractivity contribution in [3.63, 3.8) is 0 Å². The fourth-order valence-electron chi connectivity index (χ4n) is 1.20. The Kier molecular flexibility index (Phi) is 5.88. The van der Waals surface area contributed by atoms with Gasteiger partial charge in [-0.05, 0) is 12.1 Å². The fourth-order valence-corrected chi connectivity index (χ4v) is 1.20. The Morgan fingerprint density at radius 1 is 1.50 bits per heavy atom. The van der Waals surface area contributed by atoms with Crippen LogP contribution in [0.25, 0.3) is 0 Å². The smallest absolute Gasteiger partial charge is 0.221 e. The molecule has 2 N–H and O–H groups in total. The first-order valence-corrected chi connectivity index (χ1v) is 5.31. The van der Waals surface area contributed by atoms with Crippen molar-refractivity contribution in [3.05, 3.63) is 42.7 Å². The van der Waals surface area contributed by atoms with Crippen LogP contribution < -0.4 is 10.6 Å². The van der Waals surface area contributed by atoms with Gasteiger partial charge in [-0.15, -0.1) is 6.58 Å². The van der Waals surface area contributed by atoms with Crippen LogP contribution in [0.1, 0.15) is 12.1 Å². The van der Waals surface area contributed by atoms with Gasteiger partial charge in [-0.2, -0.15) is 0 Å². The SMILES string of the molecule is C=CCNC(=O)CCNCc1ccccn1. The van der Waals surface area contributed by atoms with Gasteiger partial charge in [0.15, 0.2) is 0 Å². The van der Waals surface area contributed by atoms with Crippen LogP contribution in [0.2, 0.25) is 0 Å². The minimum atomic E-state index is 0.0356. The Balaban J connectivity index is 2.08. The molecule has 16 heavy (non-hydrogen) atoms. The van der Waals surface area contributed by atoms with Crippen LogP contribution in [0.15, 0.2) is 37.1 Å². The first-order valence-electron chi connectivity index (χ1n) is 5.31. The molecule has 4 heteroatoms. The minimum absolute atomic E-state index is 0.0356. The zero-order valence-electron chi connectivity index (χ0n) is 9.28. The standard InChI is InChI=1S/C12H17N3O/c1-2-7-15-12(16)6-9-13-10-11-5-3-4-8-14-11/h2-5,8,13H,1,6-7,9-10H2,(H,15,16). The molecule has 0 bridgehead atoms. The molecule has 0 spiro atoms. The molecule has 1 aromatic heterocycles.